The number of para-hydroxylation sites is 2. The van der Waals surface area contributed by atoms with Crippen LogP contribution in [0.3, 0.4) is 0 Å². The largest absolute Gasteiger partial charge is 0.481 e. The molecule has 1 aliphatic rings. The molecule has 5 nitrogen and oxygen atoms in total. The Bertz CT molecular complexity index is 501. The number of carboxylic acids is 1. The van der Waals surface area contributed by atoms with Crippen LogP contribution in [0.4, 0.5) is 11.4 Å². The van der Waals surface area contributed by atoms with E-state index in [0.717, 1.165) is 0 Å². The number of carbonyl (C=O) groups excluding carboxylic acids is 1. The molecule has 0 radical (unpaired) electrons. The summed E-state index contributed by atoms with van der Waals surface area (Å²) in [6.45, 7) is 1.97. The molecule has 1 unspecified atom stereocenters. The predicted molar refractivity (Wildman–Crippen MR) is 72.5 cm³/mol. The van der Waals surface area contributed by atoms with Gasteiger partial charge in [-0.05, 0) is 30.9 Å². The second-order valence-electron chi connectivity index (χ2n) is 5.20. The van der Waals surface area contributed by atoms with E-state index in [0.29, 0.717) is 24.2 Å². The van der Waals surface area contributed by atoms with Crippen molar-refractivity contribution in [1.82, 2.24) is 0 Å². The SMILES string of the molecule is CC1C[C@H](C(=O)Nc2ccccc2N)[C@H](C(=O)O)C1. The van der Waals surface area contributed by atoms with Gasteiger partial charge < -0.3 is 16.2 Å². The zero-order chi connectivity index (χ0) is 14.0. The van der Waals surface area contributed by atoms with Crippen LogP contribution in [0.5, 0.6) is 0 Å². The summed E-state index contributed by atoms with van der Waals surface area (Å²) in [6.07, 6.45) is 1.16. The maximum absolute atomic E-state index is 12.2. The Hall–Kier alpha value is -2.04. The number of hydrogen-bond acceptors (Lipinski definition) is 3. The van der Waals surface area contributed by atoms with Gasteiger partial charge in [0.1, 0.15) is 0 Å². The van der Waals surface area contributed by atoms with Crippen molar-refractivity contribution in [2.24, 2.45) is 17.8 Å². The Labute approximate surface area is 111 Å². The van der Waals surface area contributed by atoms with Gasteiger partial charge >= 0.3 is 5.97 Å². The fourth-order valence-corrected chi connectivity index (χ4v) is 2.69. The van der Waals surface area contributed by atoms with Crippen LogP contribution < -0.4 is 11.1 Å². The standard InChI is InChI=1S/C14H18N2O3/c1-8-6-9(10(7-8)14(18)19)13(17)16-12-5-3-2-4-11(12)15/h2-5,8-10H,6-7,15H2,1H3,(H,16,17)(H,18,19)/t8?,9-,10+/m0/s1. The molecule has 3 atom stereocenters. The summed E-state index contributed by atoms with van der Waals surface area (Å²) in [5, 5.41) is 11.9. The lowest BCUT2D eigenvalue weighted by molar-refractivity contribution is -0.145. The number of nitrogens with two attached hydrogens (primary N) is 1. The van der Waals surface area contributed by atoms with Gasteiger partial charge in [0.15, 0.2) is 0 Å². The summed E-state index contributed by atoms with van der Waals surface area (Å²) in [7, 11) is 0. The molecule has 0 spiro atoms. The van der Waals surface area contributed by atoms with E-state index < -0.39 is 17.8 Å². The molecule has 0 saturated heterocycles. The fourth-order valence-electron chi connectivity index (χ4n) is 2.69. The van der Waals surface area contributed by atoms with Gasteiger partial charge in [0.25, 0.3) is 0 Å². The number of anilines is 2. The third-order valence-electron chi connectivity index (χ3n) is 3.67. The molecule has 1 aromatic rings. The highest BCUT2D eigenvalue weighted by Crippen LogP contribution is 2.37. The van der Waals surface area contributed by atoms with Crippen LogP contribution in [-0.2, 0) is 9.59 Å². The average molecular weight is 262 g/mol. The number of carboxylic acid groups (broad SMARTS) is 1. The summed E-state index contributed by atoms with van der Waals surface area (Å²) in [6, 6.07) is 6.96. The van der Waals surface area contributed by atoms with Gasteiger partial charge in [0.05, 0.1) is 23.2 Å². The molecule has 1 fully saturated rings. The third-order valence-corrected chi connectivity index (χ3v) is 3.67. The first-order valence-electron chi connectivity index (χ1n) is 6.37. The van der Waals surface area contributed by atoms with Crippen molar-refractivity contribution in [3.63, 3.8) is 0 Å². The Morgan fingerprint density at radius 2 is 1.89 bits per heavy atom. The van der Waals surface area contributed by atoms with Crippen molar-refractivity contribution >= 4 is 23.3 Å². The Balaban J connectivity index is 2.11. The van der Waals surface area contributed by atoms with Crippen LogP contribution in [0.1, 0.15) is 19.8 Å². The average Bonchev–Trinajstić information content (AvgIpc) is 2.74. The maximum atomic E-state index is 12.2. The van der Waals surface area contributed by atoms with Crippen LogP contribution in [-0.4, -0.2) is 17.0 Å². The minimum absolute atomic E-state index is 0.255. The molecular formula is C14H18N2O3. The van der Waals surface area contributed by atoms with E-state index in [1.807, 2.05) is 6.92 Å². The molecule has 102 valence electrons. The van der Waals surface area contributed by atoms with Crippen LogP contribution in [0.25, 0.3) is 0 Å². The number of amides is 1. The van der Waals surface area contributed by atoms with Crippen LogP contribution in [0, 0.1) is 17.8 Å². The Morgan fingerprint density at radius 1 is 1.26 bits per heavy atom. The molecular weight excluding hydrogens is 244 g/mol. The van der Waals surface area contributed by atoms with Gasteiger partial charge in [-0.15, -0.1) is 0 Å². The van der Waals surface area contributed by atoms with Gasteiger partial charge in [-0.25, -0.2) is 0 Å². The lowest BCUT2D eigenvalue weighted by Crippen LogP contribution is -2.30. The van der Waals surface area contributed by atoms with Crippen LogP contribution in [0.15, 0.2) is 24.3 Å². The van der Waals surface area contributed by atoms with E-state index >= 15 is 0 Å². The third kappa shape index (κ3) is 2.86. The van der Waals surface area contributed by atoms with Crippen molar-refractivity contribution in [3.05, 3.63) is 24.3 Å². The quantitative estimate of drug-likeness (QED) is 0.726. The monoisotopic (exact) mass is 262 g/mol. The highest BCUT2D eigenvalue weighted by atomic mass is 16.4. The fraction of sp³-hybridized carbons (Fsp3) is 0.429. The van der Waals surface area contributed by atoms with Crippen molar-refractivity contribution in [3.8, 4) is 0 Å². The number of hydrogen-bond donors (Lipinski definition) is 3. The molecule has 19 heavy (non-hydrogen) atoms. The first-order chi connectivity index (χ1) is 8.99. The van der Waals surface area contributed by atoms with Gasteiger partial charge in [-0.2, -0.15) is 0 Å². The highest BCUT2D eigenvalue weighted by molar-refractivity contribution is 5.97. The topological polar surface area (TPSA) is 92.4 Å². The van der Waals surface area contributed by atoms with E-state index in [1.165, 1.54) is 0 Å². The molecule has 5 heteroatoms. The number of carbonyl (C=O) groups is 2. The van der Waals surface area contributed by atoms with Crippen molar-refractivity contribution in [2.75, 3.05) is 11.1 Å². The predicted octanol–water partition coefficient (Wildman–Crippen LogP) is 1.95. The van der Waals surface area contributed by atoms with Gasteiger partial charge in [-0.1, -0.05) is 19.1 Å². The molecule has 2 rings (SSSR count). The molecule has 1 aliphatic carbocycles. The zero-order valence-electron chi connectivity index (χ0n) is 10.8. The van der Waals surface area contributed by atoms with Gasteiger partial charge in [-0.3, -0.25) is 9.59 Å². The van der Waals surface area contributed by atoms with Crippen LogP contribution in [0.2, 0.25) is 0 Å². The normalized spacial score (nSPS) is 26.1. The molecule has 0 heterocycles. The number of nitrogens with one attached hydrogen (secondary N) is 1. The lowest BCUT2D eigenvalue weighted by atomic mass is 9.95. The van der Waals surface area contributed by atoms with E-state index in [-0.39, 0.29) is 11.8 Å². The highest BCUT2D eigenvalue weighted by Gasteiger charge is 2.41. The minimum Gasteiger partial charge on any atom is -0.481 e. The van der Waals surface area contributed by atoms with Crippen molar-refractivity contribution in [1.29, 1.82) is 0 Å². The summed E-state index contributed by atoms with van der Waals surface area (Å²) in [5.41, 5.74) is 6.78. The molecule has 1 saturated carbocycles. The summed E-state index contributed by atoms with van der Waals surface area (Å²) in [4.78, 5) is 23.4. The number of nitrogen functional groups attached to an aromatic ring is 1. The van der Waals surface area contributed by atoms with Gasteiger partial charge in [0.2, 0.25) is 5.91 Å². The number of aliphatic carboxylic acids is 1. The number of benzene rings is 1. The molecule has 1 amide bonds. The van der Waals surface area contributed by atoms with Crippen molar-refractivity contribution in [2.45, 2.75) is 19.8 Å². The molecule has 0 aliphatic heterocycles. The Kier molecular flexibility index (Phi) is 3.74. The summed E-state index contributed by atoms with van der Waals surface area (Å²) >= 11 is 0. The van der Waals surface area contributed by atoms with E-state index in [2.05, 4.69) is 5.32 Å². The lowest BCUT2D eigenvalue weighted by Gasteiger charge is -2.16. The smallest absolute Gasteiger partial charge is 0.307 e. The maximum Gasteiger partial charge on any atom is 0.307 e. The second-order valence-corrected chi connectivity index (χ2v) is 5.20. The molecule has 4 N–H and O–H groups in total. The molecule has 0 aromatic heterocycles. The molecule has 0 bridgehead atoms. The van der Waals surface area contributed by atoms with Crippen molar-refractivity contribution < 1.29 is 14.7 Å². The minimum atomic E-state index is -0.898. The van der Waals surface area contributed by atoms with E-state index in [4.69, 9.17) is 10.8 Å². The first-order valence-corrected chi connectivity index (χ1v) is 6.37. The Morgan fingerprint density at radius 3 is 2.53 bits per heavy atom. The van der Waals surface area contributed by atoms with Crippen LogP contribution >= 0.6 is 0 Å². The number of rotatable bonds is 3. The van der Waals surface area contributed by atoms with Gasteiger partial charge in [0, 0.05) is 0 Å². The second kappa shape index (κ2) is 5.30. The summed E-state index contributed by atoms with van der Waals surface area (Å²) in [5.74, 6) is -1.97. The van der Waals surface area contributed by atoms with E-state index in [1.54, 1.807) is 24.3 Å². The zero-order valence-corrected chi connectivity index (χ0v) is 10.8. The summed E-state index contributed by atoms with van der Waals surface area (Å²) < 4.78 is 0. The van der Waals surface area contributed by atoms with E-state index in [9.17, 15) is 9.59 Å². The molecule has 1 aromatic carbocycles. The first kappa shape index (κ1) is 13.4.